The first kappa shape index (κ1) is 14.3. The number of nitrogens with zero attached hydrogens (tertiary/aromatic N) is 3. The van der Waals surface area contributed by atoms with Crippen molar-refractivity contribution in [3.63, 3.8) is 0 Å². The van der Waals surface area contributed by atoms with Crippen molar-refractivity contribution < 1.29 is 9.90 Å². The Balaban J connectivity index is 3.24. The Hall–Kier alpha value is -1.80. The lowest BCUT2D eigenvalue weighted by Crippen LogP contribution is -2.32. The molecule has 18 heavy (non-hydrogen) atoms. The number of rotatable bonds is 5. The molecule has 96 valence electrons. The van der Waals surface area contributed by atoms with Gasteiger partial charge in [0.05, 0.1) is 10.6 Å². The lowest BCUT2D eigenvalue weighted by molar-refractivity contribution is -0.135. The molecule has 6 heteroatoms. The minimum Gasteiger partial charge on any atom is -0.480 e. The van der Waals surface area contributed by atoms with Crippen LogP contribution in [0.25, 0.3) is 0 Å². The van der Waals surface area contributed by atoms with Gasteiger partial charge in [0.25, 0.3) is 0 Å². The molecule has 0 amide bonds. The van der Waals surface area contributed by atoms with Gasteiger partial charge in [0.1, 0.15) is 18.4 Å². The number of aromatic nitrogens is 1. The van der Waals surface area contributed by atoms with Gasteiger partial charge in [0, 0.05) is 12.7 Å². The first-order valence-corrected chi connectivity index (χ1v) is 5.91. The molecule has 0 aromatic carbocycles. The fraction of sp³-hybridized carbons (Fsp3) is 0.417. The third-order valence-electron chi connectivity index (χ3n) is 2.49. The summed E-state index contributed by atoms with van der Waals surface area (Å²) < 4.78 is 0. The van der Waals surface area contributed by atoms with Crippen LogP contribution in [0.4, 0.5) is 5.82 Å². The number of aliphatic carboxylic acids is 1. The highest BCUT2D eigenvalue weighted by molar-refractivity contribution is 6.31. The molecule has 0 aliphatic rings. The fourth-order valence-electron chi connectivity index (χ4n) is 1.63. The van der Waals surface area contributed by atoms with E-state index in [2.05, 4.69) is 4.98 Å². The summed E-state index contributed by atoms with van der Waals surface area (Å²) >= 11 is 5.90. The number of halogens is 1. The van der Waals surface area contributed by atoms with E-state index in [0.29, 0.717) is 28.5 Å². The third-order valence-corrected chi connectivity index (χ3v) is 2.87. The summed E-state index contributed by atoms with van der Waals surface area (Å²) in [5, 5.41) is 18.4. The molecule has 0 spiro atoms. The van der Waals surface area contributed by atoms with Crippen molar-refractivity contribution in [2.24, 2.45) is 0 Å². The van der Waals surface area contributed by atoms with Gasteiger partial charge in [-0.1, -0.05) is 18.5 Å². The number of carbonyl (C=O) groups is 1. The van der Waals surface area contributed by atoms with E-state index in [9.17, 15) is 4.79 Å². The first-order chi connectivity index (χ1) is 8.51. The summed E-state index contributed by atoms with van der Waals surface area (Å²) in [6.07, 6.45) is 2.21. The summed E-state index contributed by atoms with van der Waals surface area (Å²) in [5.41, 5.74) is 0.952. The zero-order valence-electron chi connectivity index (χ0n) is 10.3. The van der Waals surface area contributed by atoms with E-state index in [-0.39, 0.29) is 6.54 Å². The maximum atomic E-state index is 10.8. The molecule has 0 bridgehead atoms. The maximum absolute atomic E-state index is 10.8. The van der Waals surface area contributed by atoms with E-state index in [4.69, 9.17) is 22.0 Å². The van der Waals surface area contributed by atoms with Crippen molar-refractivity contribution in [1.82, 2.24) is 4.98 Å². The molecule has 1 heterocycles. The Morgan fingerprint density at radius 2 is 2.33 bits per heavy atom. The maximum Gasteiger partial charge on any atom is 0.323 e. The van der Waals surface area contributed by atoms with Gasteiger partial charge in [-0.15, -0.1) is 0 Å². The van der Waals surface area contributed by atoms with Gasteiger partial charge < -0.3 is 10.0 Å². The van der Waals surface area contributed by atoms with Crippen molar-refractivity contribution in [3.8, 4) is 6.07 Å². The quantitative estimate of drug-likeness (QED) is 0.885. The van der Waals surface area contributed by atoms with E-state index in [0.717, 1.165) is 6.42 Å². The summed E-state index contributed by atoms with van der Waals surface area (Å²) in [5.74, 6) is -0.578. The van der Waals surface area contributed by atoms with Gasteiger partial charge in [-0.2, -0.15) is 5.26 Å². The molecule has 0 unspecified atom stereocenters. The Labute approximate surface area is 111 Å². The van der Waals surface area contributed by atoms with Crippen molar-refractivity contribution in [1.29, 1.82) is 5.26 Å². The molecule has 0 saturated heterocycles. The van der Waals surface area contributed by atoms with Gasteiger partial charge in [0.15, 0.2) is 0 Å². The molecule has 0 radical (unpaired) electrons. The molecule has 0 fully saturated rings. The number of pyridine rings is 1. The highest BCUT2D eigenvalue weighted by Gasteiger charge is 2.18. The predicted molar refractivity (Wildman–Crippen MR) is 68.8 cm³/mol. The number of carboxylic acid groups (broad SMARTS) is 1. The van der Waals surface area contributed by atoms with E-state index in [1.807, 2.05) is 13.0 Å². The zero-order chi connectivity index (χ0) is 13.7. The third kappa shape index (κ3) is 3.11. The molecule has 1 aromatic rings. The van der Waals surface area contributed by atoms with Crippen LogP contribution in [0.1, 0.15) is 24.5 Å². The number of anilines is 1. The predicted octanol–water partition coefficient (Wildman–Crippen LogP) is 2.22. The minimum absolute atomic E-state index is 0.184. The van der Waals surface area contributed by atoms with Crippen LogP contribution in [0.15, 0.2) is 6.20 Å². The van der Waals surface area contributed by atoms with E-state index < -0.39 is 5.97 Å². The summed E-state index contributed by atoms with van der Waals surface area (Å²) in [6.45, 7) is 3.99. The van der Waals surface area contributed by atoms with Gasteiger partial charge in [0.2, 0.25) is 0 Å². The van der Waals surface area contributed by atoms with Crippen LogP contribution >= 0.6 is 11.6 Å². The molecule has 1 rings (SSSR count). The smallest absolute Gasteiger partial charge is 0.323 e. The lowest BCUT2D eigenvalue weighted by Gasteiger charge is -2.22. The van der Waals surface area contributed by atoms with Gasteiger partial charge in [-0.3, -0.25) is 4.79 Å². The van der Waals surface area contributed by atoms with Crippen molar-refractivity contribution in [2.45, 2.75) is 20.3 Å². The summed E-state index contributed by atoms with van der Waals surface area (Å²) in [4.78, 5) is 16.5. The molecular weight excluding hydrogens is 254 g/mol. The van der Waals surface area contributed by atoms with Gasteiger partial charge >= 0.3 is 5.97 Å². The normalized spacial score (nSPS) is 9.89. The Kier molecular flexibility index (Phi) is 4.93. The molecule has 1 N–H and O–H groups in total. The van der Waals surface area contributed by atoms with Crippen LogP contribution < -0.4 is 4.90 Å². The van der Waals surface area contributed by atoms with Crippen LogP contribution in [0, 0.1) is 18.3 Å². The first-order valence-electron chi connectivity index (χ1n) is 5.53. The van der Waals surface area contributed by atoms with E-state index in [1.54, 1.807) is 11.8 Å². The van der Waals surface area contributed by atoms with Crippen molar-refractivity contribution in [2.75, 3.05) is 18.0 Å². The van der Waals surface area contributed by atoms with E-state index >= 15 is 0 Å². The number of hydrogen-bond donors (Lipinski definition) is 1. The minimum atomic E-state index is -0.957. The van der Waals surface area contributed by atoms with Gasteiger partial charge in [-0.05, 0) is 18.9 Å². The van der Waals surface area contributed by atoms with Crippen molar-refractivity contribution in [3.05, 3.63) is 22.3 Å². The summed E-state index contributed by atoms with van der Waals surface area (Å²) in [6, 6.07) is 2.04. The molecular formula is C12H14ClN3O2. The van der Waals surface area contributed by atoms with E-state index in [1.165, 1.54) is 6.20 Å². The van der Waals surface area contributed by atoms with Crippen LogP contribution in [0.3, 0.4) is 0 Å². The van der Waals surface area contributed by atoms with Crippen LogP contribution in [0.5, 0.6) is 0 Å². The molecule has 0 aliphatic heterocycles. The molecule has 1 aromatic heterocycles. The summed E-state index contributed by atoms with van der Waals surface area (Å²) in [7, 11) is 0. The Morgan fingerprint density at radius 3 is 2.83 bits per heavy atom. The average molecular weight is 268 g/mol. The van der Waals surface area contributed by atoms with Crippen LogP contribution in [-0.4, -0.2) is 29.1 Å². The van der Waals surface area contributed by atoms with Gasteiger partial charge in [-0.25, -0.2) is 4.98 Å². The van der Waals surface area contributed by atoms with Crippen LogP contribution in [0.2, 0.25) is 5.02 Å². The Morgan fingerprint density at radius 1 is 1.67 bits per heavy atom. The molecule has 5 nitrogen and oxygen atoms in total. The lowest BCUT2D eigenvalue weighted by atomic mass is 10.1. The average Bonchev–Trinajstić information content (AvgIpc) is 2.31. The second-order valence-electron chi connectivity index (χ2n) is 3.86. The number of nitriles is 1. The van der Waals surface area contributed by atoms with Crippen LogP contribution in [-0.2, 0) is 4.79 Å². The monoisotopic (exact) mass is 267 g/mol. The standard InChI is InChI=1S/C12H14ClN3O2/c1-3-4-16(7-11(17)18)12-9(5-14)8(2)10(13)6-15-12/h6H,3-4,7H2,1-2H3,(H,17,18). The molecule has 0 atom stereocenters. The Bertz CT molecular complexity index is 497. The SMILES string of the molecule is CCCN(CC(=O)O)c1ncc(Cl)c(C)c1C#N. The highest BCUT2D eigenvalue weighted by Crippen LogP contribution is 2.25. The fourth-order valence-corrected chi connectivity index (χ4v) is 1.78. The second-order valence-corrected chi connectivity index (χ2v) is 4.26. The largest absolute Gasteiger partial charge is 0.480 e. The zero-order valence-corrected chi connectivity index (χ0v) is 11.0. The molecule has 0 saturated carbocycles. The highest BCUT2D eigenvalue weighted by atomic mass is 35.5. The second kappa shape index (κ2) is 6.22. The number of carboxylic acids is 1. The van der Waals surface area contributed by atoms with Crippen molar-refractivity contribution >= 4 is 23.4 Å². The molecule has 0 aliphatic carbocycles. The number of hydrogen-bond acceptors (Lipinski definition) is 4. The topological polar surface area (TPSA) is 77.2 Å².